The van der Waals surface area contributed by atoms with Crippen molar-refractivity contribution < 1.29 is 4.52 Å². The molecule has 2 rings (SSSR count). The van der Waals surface area contributed by atoms with E-state index in [0.717, 1.165) is 30.7 Å². The van der Waals surface area contributed by atoms with Crippen molar-refractivity contribution in [1.29, 1.82) is 0 Å². The van der Waals surface area contributed by atoms with Crippen molar-refractivity contribution in [1.82, 2.24) is 15.1 Å². The minimum Gasteiger partial charge on any atom is -0.339 e. The van der Waals surface area contributed by atoms with Gasteiger partial charge in [0.15, 0.2) is 0 Å². The zero-order valence-electron chi connectivity index (χ0n) is 12.3. The van der Waals surface area contributed by atoms with Crippen LogP contribution in [0.4, 0.5) is 0 Å². The van der Waals surface area contributed by atoms with Crippen molar-refractivity contribution in [3.05, 3.63) is 29.8 Å². The third-order valence-corrected chi connectivity index (χ3v) is 3.28. The summed E-state index contributed by atoms with van der Waals surface area (Å²) in [6.07, 6.45) is 3.09. The van der Waals surface area contributed by atoms with Gasteiger partial charge in [-0.3, -0.25) is 0 Å². The van der Waals surface area contributed by atoms with Crippen LogP contribution in [0.2, 0.25) is 0 Å². The second-order valence-corrected chi connectivity index (χ2v) is 5.43. The minimum absolute atomic E-state index is 0.247. The molecule has 2 unspecified atom stereocenters. The molecule has 5 heteroatoms. The molecule has 0 aromatic carbocycles. The lowest BCUT2D eigenvalue weighted by molar-refractivity contribution is 0.349. The van der Waals surface area contributed by atoms with E-state index in [1.807, 2.05) is 32.0 Å². The van der Waals surface area contributed by atoms with Gasteiger partial charge in [-0.1, -0.05) is 24.6 Å². The first kappa shape index (κ1) is 14.7. The largest absolute Gasteiger partial charge is 0.339 e. The van der Waals surface area contributed by atoms with Gasteiger partial charge in [0.25, 0.3) is 0 Å². The summed E-state index contributed by atoms with van der Waals surface area (Å²) >= 11 is 0. The molecule has 0 aliphatic carbocycles. The molecule has 0 saturated carbocycles. The van der Waals surface area contributed by atoms with Gasteiger partial charge < -0.3 is 10.3 Å². The van der Waals surface area contributed by atoms with Gasteiger partial charge in [0, 0.05) is 17.7 Å². The summed E-state index contributed by atoms with van der Waals surface area (Å²) in [6.45, 7) is 6.07. The SMILES string of the molecule is Cc1cccc(-c2noc(C(C)CCCC(C)N)n2)n1. The Morgan fingerprint density at radius 1 is 1.20 bits per heavy atom. The summed E-state index contributed by atoms with van der Waals surface area (Å²) < 4.78 is 5.35. The van der Waals surface area contributed by atoms with Gasteiger partial charge in [0.05, 0.1) is 0 Å². The van der Waals surface area contributed by atoms with Crippen LogP contribution in [-0.2, 0) is 0 Å². The number of nitrogens with two attached hydrogens (primary N) is 1. The van der Waals surface area contributed by atoms with Gasteiger partial charge in [0.2, 0.25) is 11.7 Å². The lowest BCUT2D eigenvalue weighted by atomic mass is 10.0. The number of nitrogens with zero attached hydrogens (tertiary/aromatic N) is 3. The number of rotatable bonds is 6. The van der Waals surface area contributed by atoms with Crippen molar-refractivity contribution >= 4 is 0 Å². The van der Waals surface area contributed by atoms with Crippen LogP contribution in [0.15, 0.2) is 22.7 Å². The van der Waals surface area contributed by atoms with E-state index >= 15 is 0 Å². The topological polar surface area (TPSA) is 77.8 Å². The molecular formula is C15H22N4O. The molecule has 2 atom stereocenters. The van der Waals surface area contributed by atoms with Crippen molar-refractivity contribution in [2.24, 2.45) is 5.73 Å². The quantitative estimate of drug-likeness (QED) is 0.875. The average Bonchev–Trinajstić information content (AvgIpc) is 2.87. The molecule has 20 heavy (non-hydrogen) atoms. The fourth-order valence-electron chi connectivity index (χ4n) is 2.08. The number of hydrogen-bond acceptors (Lipinski definition) is 5. The van der Waals surface area contributed by atoms with Gasteiger partial charge in [-0.05, 0) is 38.8 Å². The Labute approximate surface area is 119 Å². The van der Waals surface area contributed by atoms with Crippen molar-refractivity contribution in [2.75, 3.05) is 0 Å². The Balaban J connectivity index is 2.01. The van der Waals surface area contributed by atoms with Crippen LogP contribution in [0, 0.1) is 6.92 Å². The maximum atomic E-state index is 5.75. The maximum absolute atomic E-state index is 5.75. The van der Waals surface area contributed by atoms with Crippen LogP contribution >= 0.6 is 0 Å². The highest BCUT2D eigenvalue weighted by Crippen LogP contribution is 2.22. The fraction of sp³-hybridized carbons (Fsp3) is 0.533. The molecular weight excluding hydrogens is 252 g/mol. The van der Waals surface area contributed by atoms with Crippen molar-refractivity contribution in [3.8, 4) is 11.5 Å². The standard InChI is InChI=1S/C15H22N4O/c1-10(6-4-7-11(2)16)15-18-14(19-20-15)13-9-5-8-12(3)17-13/h5,8-11H,4,6-7,16H2,1-3H3. The molecule has 2 aromatic rings. The van der Waals surface area contributed by atoms with Gasteiger partial charge in [-0.2, -0.15) is 4.98 Å². The van der Waals surface area contributed by atoms with Crippen LogP contribution in [0.1, 0.15) is 50.6 Å². The molecule has 2 N–H and O–H groups in total. The van der Waals surface area contributed by atoms with E-state index in [-0.39, 0.29) is 12.0 Å². The minimum atomic E-state index is 0.247. The van der Waals surface area contributed by atoms with E-state index in [9.17, 15) is 0 Å². The molecule has 2 aromatic heterocycles. The van der Waals surface area contributed by atoms with Crippen LogP contribution in [0.25, 0.3) is 11.5 Å². The molecule has 0 fully saturated rings. The van der Waals surface area contributed by atoms with Gasteiger partial charge in [0.1, 0.15) is 5.69 Å². The molecule has 0 aliphatic rings. The molecule has 0 radical (unpaired) electrons. The zero-order valence-corrected chi connectivity index (χ0v) is 12.3. The van der Waals surface area contributed by atoms with E-state index in [4.69, 9.17) is 10.3 Å². The summed E-state index contributed by atoms with van der Waals surface area (Å²) in [6, 6.07) is 6.03. The van der Waals surface area contributed by atoms with Crippen LogP contribution in [0.3, 0.4) is 0 Å². The Bertz CT molecular complexity index is 550. The summed E-state index contributed by atoms with van der Waals surface area (Å²) in [5.41, 5.74) is 7.45. The van der Waals surface area contributed by atoms with E-state index < -0.39 is 0 Å². The summed E-state index contributed by atoms with van der Waals surface area (Å²) in [4.78, 5) is 8.85. The first-order valence-corrected chi connectivity index (χ1v) is 7.09. The summed E-state index contributed by atoms with van der Waals surface area (Å²) in [5, 5.41) is 4.02. The molecule has 0 spiro atoms. The summed E-state index contributed by atoms with van der Waals surface area (Å²) in [5.74, 6) is 1.48. The second-order valence-electron chi connectivity index (χ2n) is 5.43. The Morgan fingerprint density at radius 2 is 2.00 bits per heavy atom. The third kappa shape index (κ3) is 3.87. The van der Waals surface area contributed by atoms with Crippen molar-refractivity contribution in [3.63, 3.8) is 0 Å². The zero-order chi connectivity index (χ0) is 14.5. The number of hydrogen-bond donors (Lipinski definition) is 1. The van der Waals surface area contributed by atoms with Gasteiger partial charge >= 0.3 is 0 Å². The first-order valence-electron chi connectivity index (χ1n) is 7.09. The fourth-order valence-corrected chi connectivity index (χ4v) is 2.08. The van der Waals surface area contributed by atoms with E-state index in [2.05, 4.69) is 22.0 Å². The average molecular weight is 274 g/mol. The molecule has 2 heterocycles. The molecule has 108 valence electrons. The number of pyridine rings is 1. The Kier molecular flexibility index (Phi) is 4.84. The maximum Gasteiger partial charge on any atom is 0.229 e. The number of aryl methyl sites for hydroxylation is 1. The van der Waals surface area contributed by atoms with Gasteiger partial charge in [-0.15, -0.1) is 0 Å². The predicted octanol–water partition coefficient (Wildman–Crippen LogP) is 3.06. The molecule has 0 bridgehead atoms. The van der Waals surface area contributed by atoms with Crippen molar-refractivity contribution in [2.45, 2.75) is 52.0 Å². The molecule has 0 amide bonds. The Hall–Kier alpha value is -1.75. The van der Waals surface area contributed by atoms with E-state index in [1.165, 1.54) is 0 Å². The first-order chi connectivity index (χ1) is 9.56. The van der Waals surface area contributed by atoms with Gasteiger partial charge in [-0.25, -0.2) is 4.98 Å². The highest BCUT2D eigenvalue weighted by atomic mass is 16.5. The highest BCUT2D eigenvalue weighted by molar-refractivity contribution is 5.48. The molecule has 0 saturated heterocycles. The highest BCUT2D eigenvalue weighted by Gasteiger charge is 2.15. The molecule has 5 nitrogen and oxygen atoms in total. The lowest BCUT2D eigenvalue weighted by Crippen LogP contribution is -2.14. The number of aromatic nitrogens is 3. The van der Waals surface area contributed by atoms with E-state index in [1.54, 1.807) is 0 Å². The van der Waals surface area contributed by atoms with Crippen LogP contribution < -0.4 is 5.73 Å². The second kappa shape index (κ2) is 6.61. The monoisotopic (exact) mass is 274 g/mol. The predicted molar refractivity (Wildman–Crippen MR) is 78.2 cm³/mol. The smallest absolute Gasteiger partial charge is 0.229 e. The third-order valence-electron chi connectivity index (χ3n) is 3.28. The lowest BCUT2D eigenvalue weighted by Gasteiger charge is -2.07. The summed E-state index contributed by atoms with van der Waals surface area (Å²) in [7, 11) is 0. The van der Waals surface area contributed by atoms with E-state index in [0.29, 0.717) is 11.7 Å². The van der Waals surface area contributed by atoms with Crippen LogP contribution in [0.5, 0.6) is 0 Å². The van der Waals surface area contributed by atoms with Crippen LogP contribution in [-0.4, -0.2) is 21.2 Å². The normalized spacial score (nSPS) is 14.2. The Morgan fingerprint density at radius 3 is 2.70 bits per heavy atom. The molecule has 0 aliphatic heterocycles.